The van der Waals surface area contributed by atoms with Crippen LogP contribution in [0.2, 0.25) is 10.0 Å². The normalized spacial score (nSPS) is 24.9. The molecule has 0 bridgehead atoms. The maximum absolute atomic E-state index is 13.2. The van der Waals surface area contributed by atoms with E-state index in [2.05, 4.69) is 10.6 Å². The molecule has 3 aromatic rings. The van der Waals surface area contributed by atoms with Gasteiger partial charge in [-0.3, -0.25) is 20.2 Å². The highest BCUT2D eigenvalue weighted by Gasteiger charge is 2.67. The molecular weight excluding hydrogens is 489 g/mol. The lowest BCUT2D eigenvalue weighted by Gasteiger charge is -2.25. The average molecular weight is 512 g/mol. The van der Waals surface area contributed by atoms with Crippen molar-refractivity contribution in [1.82, 2.24) is 5.32 Å². The van der Waals surface area contributed by atoms with Crippen LogP contribution in [-0.4, -0.2) is 22.9 Å². The van der Waals surface area contributed by atoms with Crippen LogP contribution in [0.1, 0.15) is 35.1 Å². The SMILES string of the molecule is Cc1ccc(COc2c(Cl)cc([C@@H]3[C@H](C)N[C@]4(C(=O)Nc5ccccc54)[C@H]3[N+](=O)[O-])cc2Cl)cc1. The van der Waals surface area contributed by atoms with Crippen LogP contribution < -0.4 is 15.4 Å². The van der Waals surface area contributed by atoms with Crippen LogP contribution in [0.25, 0.3) is 0 Å². The molecule has 1 saturated heterocycles. The summed E-state index contributed by atoms with van der Waals surface area (Å²) in [6.07, 6.45) is 0. The Bertz CT molecular complexity index is 1310. The predicted molar refractivity (Wildman–Crippen MR) is 135 cm³/mol. The molecule has 4 atom stereocenters. The number of aryl methyl sites for hydroxylation is 1. The molecule has 0 aromatic heterocycles. The fourth-order valence-corrected chi connectivity index (χ4v) is 5.92. The minimum Gasteiger partial charge on any atom is -0.486 e. The molecule has 0 aliphatic carbocycles. The third kappa shape index (κ3) is 3.84. The van der Waals surface area contributed by atoms with Gasteiger partial charge in [0.15, 0.2) is 11.3 Å². The van der Waals surface area contributed by atoms with E-state index in [1.807, 2.05) is 38.1 Å². The second kappa shape index (κ2) is 8.82. The number of nitrogens with zero attached hydrogens (tertiary/aromatic N) is 1. The molecule has 1 amide bonds. The number of halogens is 2. The Labute approximate surface area is 212 Å². The molecule has 3 aromatic carbocycles. The van der Waals surface area contributed by atoms with Crippen molar-refractivity contribution in [3.63, 3.8) is 0 Å². The van der Waals surface area contributed by atoms with E-state index in [0.29, 0.717) is 22.6 Å². The van der Waals surface area contributed by atoms with Gasteiger partial charge in [0, 0.05) is 22.2 Å². The quantitative estimate of drug-likeness (QED) is 0.350. The number of fused-ring (bicyclic) bond motifs is 2. The van der Waals surface area contributed by atoms with Crippen molar-refractivity contribution >= 4 is 34.8 Å². The van der Waals surface area contributed by atoms with Gasteiger partial charge in [-0.05, 0) is 43.2 Å². The van der Waals surface area contributed by atoms with Gasteiger partial charge in [-0.15, -0.1) is 0 Å². The van der Waals surface area contributed by atoms with Gasteiger partial charge in [0.1, 0.15) is 6.61 Å². The molecule has 35 heavy (non-hydrogen) atoms. The Morgan fingerprint density at radius 1 is 1.09 bits per heavy atom. The zero-order chi connectivity index (χ0) is 24.9. The fraction of sp³-hybridized carbons (Fsp3) is 0.269. The van der Waals surface area contributed by atoms with Crippen LogP contribution in [-0.2, 0) is 16.9 Å². The summed E-state index contributed by atoms with van der Waals surface area (Å²) in [5, 5.41) is 19.0. The highest BCUT2D eigenvalue weighted by molar-refractivity contribution is 6.37. The van der Waals surface area contributed by atoms with Gasteiger partial charge in [0.05, 0.1) is 16.0 Å². The molecule has 1 fully saturated rings. The third-order valence-corrected chi connectivity index (χ3v) is 7.43. The first-order chi connectivity index (χ1) is 16.7. The number of hydrogen-bond acceptors (Lipinski definition) is 5. The predicted octanol–water partition coefficient (Wildman–Crippen LogP) is 5.45. The number of benzene rings is 3. The molecule has 2 aliphatic rings. The van der Waals surface area contributed by atoms with Crippen LogP contribution in [0.15, 0.2) is 60.7 Å². The molecule has 2 N–H and O–H groups in total. The minimum absolute atomic E-state index is 0.256. The molecule has 9 heteroatoms. The summed E-state index contributed by atoms with van der Waals surface area (Å²) >= 11 is 13.1. The number of carbonyl (C=O) groups is 1. The number of anilines is 1. The number of rotatable bonds is 5. The van der Waals surface area contributed by atoms with E-state index >= 15 is 0 Å². The molecular formula is C26H23Cl2N3O4. The molecule has 1 spiro atoms. The maximum atomic E-state index is 13.2. The molecule has 5 rings (SSSR count). The van der Waals surface area contributed by atoms with Gasteiger partial charge in [0.2, 0.25) is 0 Å². The number of nitrogens with one attached hydrogen (secondary N) is 2. The minimum atomic E-state index is -1.50. The molecule has 2 heterocycles. The van der Waals surface area contributed by atoms with Gasteiger partial charge in [0.25, 0.3) is 11.9 Å². The Hall–Kier alpha value is -3.13. The lowest BCUT2D eigenvalue weighted by atomic mass is 9.78. The van der Waals surface area contributed by atoms with Crippen molar-refractivity contribution in [1.29, 1.82) is 0 Å². The summed E-state index contributed by atoms with van der Waals surface area (Å²) in [5.41, 5.74) is 2.31. The second-order valence-corrected chi connectivity index (χ2v) is 9.90. The molecule has 180 valence electrons. The van der Waals surface area contributed by atoms with E-state index in [1.165, 1.54) is 0 Å². The van der Waals surface area contributed by atoms with Crippen LogP contribution in [0.3, 0.4) is 0 Å². The fourth-order valence-electron chi connectivity index (χ4n) is 5.30. The third-order valence-electron chi connectivity index (χ3n) is 6.87. The highest BCUT2D eigenvalue weighted by atomic mass is 35.5. The number of para-hydroxylation sites is 1. The summed E-state index contributed by atoms with van der Waals surface area (Å²) < 4.78 is 5.89. The van der Waals surface area contributed by atoms with Gasteiger partial charge in [-0.1, -0.05) is 71.2 Å². The highest BCUT2D eigenvalue weighted by Crippen LogP contribution is 2.50. The molecule has 0 radical (unpaired) electrons. The second-order valence-electron chi connectivity index (χ2n) is 9.08. The smallest absolute Gasteiger partial charge is 0.256 e. The summed E-state index contributed by atoms with van der Waals surface area (Å²) in [7, 11) is 0. The average Bonchev–Trinajstić information content (AvgIpc) is 3.28. The summed E-state index contributed by atoms with van der Waals surface area (Å²) in [6, 6.07) is 16.6. The summed E-state index contributed by atoms with van der Waals surface area (Å²) in [6.45, 7) is 4.11. The summed E-state index contributed by atoms with van der Waals surface area (Å²) in [4.78, 5) is 25.3. The van der Waals surface area contributed by atoms with Crippen molar-refractivity contribution < 1.29 is 14.5 Å². The van der Waals surface area contributed by atoms with Crippen molar-refractivity contribution in [2.75, 3.05) is 5.32 Å². The van der Waals surface area contributed by atoms with Crippen molar-refractivity contribution in [2.45, 2.75) is 44.0 Å². The van der Waals surface area contributed by atoms with E-state index in [1.54, 1.807) is 36.4 Å². The van der Waals surface area contributed by atoms with Crippen molar-refractivity contribution in [3.8, 4) is 5.75 Å². The zero-order valence-corrected chi connectivity index (χ0v) is 20.6. The molecule has 7 nitrogen and oxygen atoms in total. The van der Waals surface area contributed by atoms with Gasteiger partial charge in [-0.25, -0.2) is 0 Å². The van der Waals surface area contributed by atoms with E-state index in [-0.39, 0.29) is 21.6 Å². The van der Waals surface area contributed by atoms with Crippen LogP contribution in [0, 0.1) is 17.0 Å². The Morgan fingerprint density at radius 3 is 2.40 bits per heavy atom. The standard InChI is InChI=1S/C26H23Cl2N3O4/c1-14-7-9-16(10-8-14)13-35-23-19(27)11-17(12-20(23)28)22-15(2)30-26(24(22)31(33)34)18-5-3-4-6-21(18)29-25(26)32/h3-12,15,22,24,30H,13H2,1-2H3,(H,29,32)/t15-,22-,24-,26-/m0/s1. The monoisotopic (exact) mass is 511 g/mol. The zero-order valence-electron chi connectivity index (χ0n) is 19.0. The lowest BCUT2D eigenvalue weighted by molar-refractivity contribution is -0.532. The van der Waals surface area contributed by atoms with Crippen LogP contribution in [0.4, 0.5) is 5.69 Å². The van der Waals surface area contributed by atoms with Crippen molar-refractivity contribution in [2.24, 2.45) is 0 Å². The van der Waals surface area contributed by atoms with E-state index in [0.717, 1.165) is 11.1 Å². The Balaban J connectivity index is 1.50. The number of hydrogen-bond donors (Lipinski definition) is 2. The van der Waals surface area contributed by atoms with Crippen molar-refractivity contribution in [3.05, 3.63) is 103 Å². The van der Waals surface area contributed by atoms with E-state index in [9.17, 15) is 14.9 Å². The lowest BCUT2D eigenvalue weighted by Crippen LogP contribution is -2.54. The van der Waals surface area contributed by atoms with Gasteiger partial charge < -0.3 is 10.1 Å². The first-order valence-corrected chi connectivity index (χ1v) is 12.0. The molecule has 0 saturated carbocycles. The number of nitro groups is 1. The number of carbonyl (C=O) groups excluding carboxylic acids is 1. The first-order valence-electron chi connectivity index (χ1n) is 11.2. The first kappa shape index (κ1) is 23.6. The number of amides is 1. The topological polar surface area (TPSA) is 93.5 Å². The molecule has 0 unspecified atom stereocenters. The van der Waals surface area contributed by atoms with Gasteiger partial charge >= 0.3 is 0 Å². The van der Waals surface area contributed by atoms with Crippen LogP contribution >= 0.6 is 23.2 Å². The van der Waals surface area contributed by atoms with E-state index < -0.39 is 29.4 Å². The molecule has 2 aliphatic heterocycles. The van der Waals surface area contributed by atoms with E-state index in [4.69, 9.17) is 27.9 Å². The maximum Gasteiger partial charge on any atom is 0.256 e. The number of ether oxygens (including phenoxy) is 1. The van der Waals surface area contributed by atoms with Gasteiger partial charge in [-0.2, -0.15) is 0 Å². The Kier molecular flexibility index (Phi) is 5.95. The van der Waals surface area contributed by atoms with Crippen LogP contribution in [0.5, 0.6) is 5.75 Å². The largest absolute Gasteiger partial charge is 0.486 e. The summed E-state index contributed by atoms with van der Waals surface area (Å²) in [5.74, 6) is -0.791. The Morgan fingerprint density at radius 2 is 1.74 bits per heavy atom.